The van der Waals surface area contributed by atoms with Gasteiger partial charge in [-0.25, -0.2) is 4.79 Å². The summed E-state index contributed by atoms with van der Waals surface area (Å²) in [7, 11) is 0. The minimum atomic E-state index is -0.375. The van der Waals surface area contributed by atoms with Gasteiger partial charge in [-0.15, -0.1) is 0 Å². The molecule has 0 N–H and O–H groups in total. The lowest BCUT2D eigenvalue weighted by Crippen LogP contribution is -2.50. The quantitative estimate of drug-likeness (QED) is 0.790. The number of benzene rings is 1. The van der Waals surface area contributed by atoms with E-state index in [4.69, 9.17) is 14.2 Å². The van der Waals surface area contributed by atoms with Crippen LogP contribution in [-0.2, 0) is 4.74 Å². The fraction of sp³-hybridized carbons (Fsp3) is 0.375. The number of hydrogen-bond acceptors (Lipinski definition) is 5. The average Bonchev–Trinajstić information content (AvgIpc) is 3.06. The van der Waals surface area contributed by atoms with Crippen LogP contribution < -0.4 is 9.47 Å². The van der Waals surface area contributed by atoms with Crippen molar-refractivity contribution in [3.05, 3.63) is 36.4 Å². The third-order valence-electron chi connectivity index (χ3n) is 3.77. The second-order valence-corrected chi connectivity index (χ2v) is 5.21. The number of piperazine rings is 1. The van der Waals surface area contributed by atoms with Crippen LogP contribution in [0.4, 0.5) is 4.79 Å². The number of rotatable bonds is 3. The van der Waals surface area contributed by atoms with E-state index in [2.05, 4.69) is 6.58 Å². The first-order valence-corrected chi connectivity index (χ1v) is 7.40. The molecule has 0 spiro atoms. The van der Waals surface area contributed by atoms with Gasteiger partial charge in [0.05, 0.1) is 0 Å². The summed E-state index contributed by atoms with van der Waals surface area (Å²) in [5, 5.41) is 0. The van der Waals surface area contributed by atoms with Crippen molar-refractivity contribution in [3.8, 4) is 11.5 Å². The average molecular weight is 318 g/mol. The van der Waals surface area contributed by atoms with E-state index in [0.717, 1.165) is 0 Å². The normalized spacial score (nSPS) is 16.2. The second-order valence-electron chi connectivity index (χ2n) is 5.21. The maximum absolute atomic E-state index is 12.5. The van der Waals surface area contributed by atoms with Gasteiger partial charge in [0.25, 0.3) is 5.91 Å². The van der Waals surface area contributed by atoms with Crippen LogP contribution in [0, 0.1) is 0 Å². The van der Waals surface area contributed by atoms with Crippen molar-refractivity contribution in [2.24, 2.45) is 0 Å². The summed E-state index contributed by atoms with van der Waals surface area (Å²) in [6, 6.07) is 5.15. The lowest BCUT2D eigenvalue weighted by atomic mass is 10.1. The molecule has 1 saturated heterocycles. The predicted octanol–water partition coefficient (Wildman–Crippen LogP) is 1.50. The minimum Gasteiger partial charge on any atom is -0.454 e. The summed E-state index contributed by atoms with van der Waals surface area (Å²) >= 11 is 0. The van der Waals surface area contributed by atoms with Gasteiger partial charge in [0.15, 0.2) is 11.5 Å². The van der Waals surface area contributed by atoms with Gasteiger partial charge in [0.2, 0.25) is 6.79 Å². The Hall–Kier alpha value is -2.70. The Labute approximate surface area is 134 Å². The van der Waals surface area contributed by atoms with Gasteiger partial charge in [0.1, 0.15) is 6.61 Å². The Kier molecular flexibility index (Phi) is 4.36. The third kappa shape index (κ3) is 3.23. The predicted molar refractivity (Wildman–Crippen MR) is 81.6 cm³/mol. The largest absolute Gasteiger partial charge is 0.454 e. The highest BCUT2D eigenvalue weighted by molar-refractivity contribution is 5.95. The van der Waals surface area contributed by atoms with Crippen LogP contribution in [0.5, 0.6) is 11.5 Å². The maximum Gasteiger partial charge on any atom is 0.410 e. The first-order valence-electron chi connectivity index (χ1n) is 7.40. The van der Waals surface area contributed by atoms with Crippen LogP contribution in [0.3, 0.4) is 0 Å². The Balaban J connectivity index is 1.58. The van der Waals surface area contributed by atoms with E-state index in [1.165, 1.54) is 6.08 Å². The summed E-state index contributed by atoms with van der Waals surface area (Å²) in [6.45, 7) is 5.71. The molecule has 23 heavy (non-hydrogen) atoms. The first-order chi connectivity index (χ1) is 11.2. The number of amides is 2. The van der Waals surface area contributed by atoms with E-state index in [1.807, 2.05) is 0 Å². The number of fused-ring (bicyclic) bond motifs is 1. The van der Waals surface area contributed by atoms with Crippen molar-refractivity contribution < 1.29 is 23.8 Å². The summed E-state index contributed by atoms with van der Waals surface area (Å²) in [5.74, 6) is 1.15. The SMILES string of the molecule is C=CCOC(=O)N1CCN(C(=O)c2ccc3c(c2)OCO3)CC1. The number of nitrogens with zero attached hydrogens (tertiary/aromatic N) is 2. The van der Waals surface area contributed by atoms with E-state index in [9.17, 15) is 9.59 Å². The Morgan fingerprint density at radius 3 is 2.57 bits per heavy atom. The molecular weight excluding hydrogens is 300 g/mol. The topological polar surface area (TPSA) is 68.3 Å². The van der Waals surface area contributed by atoms with Crippen LogP contribution >= 0.6 is 0 Å². The molecule has 7 heteroatoms. The lowest BCUT2D eigenvalue weighted by molar-refractivity contribution is 0.0580. The van der Waals surface area contributed by atoms with E-state index >= 15 is 0 Å². The molecule has 0 radical (unpaired) electrons. The van der Waals surface area contributed by atoms with Gasteiger partial charge < -0.3 is 24.0 Å². The van der Waals surface area contributed by atoms with Crippen molar-refractivity contribution in [1.29, 1.82) is 0 Å². The Bertz CT molecular complexity index is 623. The van der Waals surface area contributed by atoms with E-state index in [0.29, 0.717) is 43.2 Å². The van der Waals surface area contributed by atoms with Crippen LogP contribution in [-0.4, -0.2) is 61.4 Å². The smallest absolute Gasteiger partial charge is 0.410 e. The molecule has 3 rings (SSSR count). The van der Waals surface area contributed by atoms with Gasteiger partial charge in [0, 0.05) is 31.7 Å². The molecular formula is C16H18N2O5. The maximum atomic E-state index is 12.5. The van der Waals surface area contributed by atoms with Crippen molar-refractivity contribution in [2.75, 3.05) is 39.6 Å². The minimum absolute atomic E-state index is 0.0811. The highest BCUT2D eigenvalue weighted by atomic mass is 16.7. The number of ether oxygens (including phenoxy) is 3. The molecule has 122 valence electrons. The second kappa shape index (κ2) is 6.60. The summed E-state index contributed by atoms with van der Waals surface area (Å²) in [4.78, 5) is 27.6. The molecule has 0 atom stereocenters. The standard InChI is InChI=1S/C16H18N2O5/c1-2-9-21-16(20)18-7-5-17(6-8-18)15(19)12-3-4-13-14(10-12)23-11-22-13/h2-4,10H,1,5-9,11H2. The van der Waals surface area contributed by atoms with Gasteiger partial charge in [-0.05, 0) is 18.2 Å². The third-order valence-corrected chi connectivity index (χ3v) is 3.77. The molecule has 0 saturated carbocycles. The van der Waals surface area contributed by atoms with Crippen LogP contribution in [0.2, 0.25) is 0 Å². The van der Waals surface area contributed by atoms with Crippen LogP contribution in [0.1, 0.15) is 10.4 Å². The summed E-state index contributed by atoms with van der Waals surface area (Å²) < 4.78 is 15.5. The molecule has 2 aliphatic rings. The van der Waals surface area contributed by atoms with Gasteiger partial charge in [-0.2, -0.15) is 0 Å². The van der Waals surface area contributed by atoms with Crippen molar-refractivity contribution in [1.82, 2.24) is 9.80 Å². The van der Waals surface area contributed by atoms with Gasteiger partial charge in [-0.3, -0.25) is 4.79 Å². The number of carbonyl (C=O) groups excluding carboxylic acids is 2. The van der Waals surface area contributed by atoms with Crippen molar-refractivity contribution >= 4 is 12.0 Å². The lowest BCUT2D eigenvalue weighted by Gasteiger charge is -2.34. The zero-order valence-electron chi connectivity index (χ0n) is 12.7. The molecule has 1 aromatic carbocycles. The number of carbonyl (C=O) groups is 2. The summed E-state index contributed by atoms with van der Waals surface area (Å²) in [5.41, 5.74) is 0.553. The molecule has 0 unspecified atom stereocenters. The van der Waals surface area contributed by atoms with E-state index in [-0.39, 0.29) is 25.4 Å². The molecule has 1 fully saturated rings. The molecule has 2 heterocycles. The van der Waals surface area contributed by atoms with Crippen LogP contribution in [0.25, 0.3) is 0 Å². The fourth-order valence-electron chi connectivity index (χ4n) is 2.53. The fourth-order valence-corrected chi connectivity index (χ4v) is 2.53. The highest BCUT2D eigenvalue weighted by Crippen LogP contribution is 2.32. The molecule has 0 bridgehead atoms. The van der Waals surface area contributed by atoms with Crippen molar-refractivity contribution in [3.63, 3.8) is 0 Å². The zero-order chi connectivity index (χ0) is 16.2. The molecule has 0 aromatic heterocycles. The first kappa shape index (κ1) is 15.2. The molecule has 7 nitrogen and oxygen atoms in total. The molecule has 0 aliphatic carbocycles. The van der Waals surface area contributed by atoms with Gasteiger partial charge in [-0.1, -0.05) is 12.7 Å². The van der Waals surface area contributed by atoms with E-state index in [1.54, 1.807) is 28.0 Å². The summed E-state index contributed by atoms with van der Waals surface area (Å²) in [6.07, 6.45) is 1.15. The van der Waals surface area contributed by atoms with Crippen molar-refractivity contribution in [2.45, 2.75) is 0 Å². The molecule has 2 aliphatic heterocycles. The Morgan fingerprint density at radius 1 is 1.13 bits per heavy atom. The van der Waals surface area contributed by atoms with Crippen LogP contribution in [0.15, 0.2) is 30.9 Å². The zero-order valence-corrected chi connectivity index (χ0v) is 12.7. The van der Waals surface area contributed by atoms with Gasteiger partial charge >= 0.3 is 6.09 Å². The molecule has 1 aromatic rings. The molecule has 2 amide bonds. The number of hydrogen-bond donors (Lipinski definition) is 0. The van der Waals surface area contributed by atoms with E-state index < -0.39 is 0 Å². The monoisotopic (exact) mass is 318 g/mol. The Morgan fingerprint density at radius 2 is 1.83 bits per heavy atom. The highest BCUT2D eigenvalue weighted by Gasteiger charge is 2.26.